The number of ether oxygens (including phenoxy) is 2. The lowest BCUT2D eigenvalue weighted by Gasteiger charge is -2.30. The molecule has 1 atom stereocenters. The largest absolute Gasteiger partial charge is 0.468 e. The highest BCUT2D eigenvalue weighted by Gasteiger charge is 2.60. The second-order valence-electron chi connectivity index (χ2n) is 5.55. The Morgan fingerprint density at radius 2 is 1.75 bits per heavy atom. The maximum atomic E-state index is 12.3. The lowest BCUT2D eigenvalue weighted by atomic mass is 9.72. The van der Waals surface area contributed by atoms with Gasteiger partial charge in [-0.15, -0.1) is 0 Å². The van der Waals surface area contributed by atoms with Crippen LogP contribution in [0, 0.1) is 11.3 Å². The molecule has 0 spiro atoms. The first-order chi connectivity index (χ1) is 9.48. The van der Waals surface area contributed by atoms with E-state index in [-0.39, 0.29) is 12.2 Å². The first kappa shape index (κ1) is 14.8. The van der Waals surface area contributed by atoms with Crippen LogP contribution < -0.4 is 0 Å². The Morgan fingerprint density at radius 3 is 2.30 bits per heavy atom. The van der Waals surface area contributed by atoms with E-state index in [1.54, 1.807) is 0 Å². The van der Waals surface area contributed by atoms with Crippen molar-refractivity contribution in [2.24, 2.45) is 11.3 Å². The maximum absolute atomic E-state index is 12.3. The fourth-order valence-electron chi connectivity index (χ4n) is 3.65. The Kier molecular flexibility index (Phi) is 3.97. The molecule has 2 aliphatic carbocycles. The van der Waals surface area contributed by atoms with E-state index in [0.29, 0.717) is 18.4 Å². The quantitative estimate of drug-likeness (QED) is 0.570. The molecular formula is C15H20O5. The molecule has 20 heavy (non-hydrogen) atoms. The molecule has 1 fully saturated rings. The van der Waals surface area contributed by atoms with Crippen LogP contribution in [0.5, 0.6) is 0 Å². The number of rotatable bonds is 2. The number of ketones is 1. The zero-order valence-electron chi connectivity index (χ0n) is 12.2. The molecule has 0 N–H and O–H groups in total. The third kappa shape index (κ3) is 1.96. The molecule has 2 rings (SSSR count). The van der Waals surface area contributed by atoms with Crippen molar-refractivity contribution in [2.75, 3.05) is 14.2 Å². The number of Topliss-reactive ketones (excluding diaryl/α,β-unsaturated/α-hetero) is 1. The summed E-state index contributed by atoms with van der Waals surface area (Å²) in [5, 5.41) is 0. The predicted molar refractivity (Wildman–Crippen MR) is 70.7 cm³/mol. The van der Waals surface area contributed by atoms with Gasteiger partial charge in [-0.3, -0.25) is 14.4 Å². The molecular weight excluding hydrogens is 260 g/mol. The molecule has 1 unspecified atom stereocenters. The molecule has 0 heterocycles. The van der Waals surface area contributed by atoms with Gasteiger partial charge in [0, 0.05) is 12.3 Å². The van der Waals surface area contributed by atoms with Gasteiger partial charge in [-0.2, -0.15) is 0 Å². The maximum Gasteiger partial charge on any atom is 0.324 e. The van der Waals surface area contributed by atoms with Crippen molar-refractivity contribution in [3.8, 4) is 0 Å². The zero-order valence-corrected chi connectivity index (χ0v) is 12.2. The van der Waals surface area contributed by atoms with Crippen LogP contribution in [-0.2, 0) is 23.9 Å². The van der Waals surface area contributed by atoms with E-state index in [1.807, 2.05) is 6.92 Å². The summed E-state index contributed by atoms with van der Waals surface area (Å²) in [7, 11) is 2.53. The van der Waals surface area contributed by atoms with Gasteiger partial charge >= 0.3 is 11.9 Å². The van der Waals surface area contributed by atoms with Crippen LogP contribution in [0.4, 0.5) is 0 Å². The van der Waals surface area contributed by atoms with Crippen LogP contribution in [0.3, 0.4) is 0 Å². The highest BCUT2D eigenvalue weighted by molar-refractivity contribution is 6.07. The second kappa shape index (κ2) is 5.38. The molecule has 5 heteroatoms. The van der Waals surface area contributed by atoms with E-state index in [1.165, 1.54) is 14.2 Å². The average Bonchev–Trinajstić information content (AvgIpc) is 2.60. The summed E-state index contributed by atoms with van der Waals surface area (Å²) in [6.45, 7) is 1.82. The van der Waals surface area contributed by atoms with E-state index in [0.717, 1.165) is 18.4 Å². The van der Waals surface area contributed by atoms with Crippen LogP contribution in [-0.4, -0.2) is 31.9 Å². The van der Waals surface area contributed by atoms with Crippen molar-refractivity contribution in [1.82, 2.24) is 0 Å². The normalized spacial score (nSPS) is 24.9. The van der Waals surface area contributed by atoms with Crippen LogP contribution in [0.2, 0.25) is 0 Å². The minimum absolute atomic E-state index is 0.0553. The molecule has 0 aromatic heterocycles. The van der Waals surface area contributed by atoms with Crippen LogP contribution in [0.25, 0.3) is 0 Å². The van der Waals surface area contributed by atoms with Gasteiger partial charge < -0.3 is 9.47 Å². The van der Waals surface area contributed by atoms with Crippen LogP contribution >= 0.6 is 0 Å². The zero-order chi connectivity index (χ0) is 14.9. The highest BCUT2D eigenvalue weighted by atomic mass is 16.5. The number of methoxy groups -OCH3 is 2. The van der Waals surface area contributed by atoms with Crippen molar-refractivity contribution in [3.63, 3.8) is 0 Å². The number of fused-ring (bicyclic) bond motifs is 1. The molecule has 0 amide bonds. The van der Waals surface area contributed by atoms with Gasteiger partial charge in [0.05, 0.1) is 14.2 Å². The summed E-state index contributed by atoms with van der Waals surface area (Å²) < 4.78 is 9.71. The molecule has 0 radical (unpaired) electrons. The van der Waals surface area contributed by atoms with Crippen molar-refractivity contribution in [2.45, 2.75) is 39.0 Å². The molecule has 0 saturated heterocycles. The Labute approximate surface area is 118 Å². The standard InChI is InChI=1S/C15H20O5/c1-9-8-15(13(17)19-2,14(18)20-3)10-6-4-5-7-11(16)12(9)10/h10H,4-8H2,1-3H3. The Morgan fingerprint density at radius 1 is 1.15 bits per heavy atom. The van der Waals surface area contributed by atoms with Gasteiger partial charge in [0.1, 0.15) is 0 Å². The van der Waals surface area contributed by atoms with Gasteiger partial charge in [0.15, 0.2) is 11.2 Å². The lowest BCUT2D eigenvalue weighted by molar-refractivity contribution is -0.172. The van der Waals surface area contributed by atoms with Gasteiger partial charge in [-0.1, -0.05) is 12.0 Å². The van der Waals surface area contributed by atoms with E-state index < -0.39 is 23.3 Å². The molecule has 0 aromatic carbocycles. The molecule has 2 aliphatic rings. The SMILES string of the molecule is COC(=O)C1(C(=O)OC)CC(C)=C2C(=O)CCCCC21. The topological polar surface area (TPSA) is 69.7 Å². The average molecular weight is 280 g/mol. The molecule has 5 nitrogen and oxygen atoms in total. The molecule has 110 valence electrons. The number of hydrogen-bond acceptors (Lipinski definition) is 5. The third-order valence-electron chi connectivity index (χ3n) is 4.49. The summed E-state index contributed by atoms with van der Waals surface area (Å²) >= 11 is 0. The minimum atomic E-state index is -1.37. The fraction of sp³-hybridized carbons (Fsp3) is 0.667. The Hall–Kier alpha value is -1.65. The van der Waals surface area contributed by atoms with Gasteiger partial charge in [0.2, 0.25) is 0 Å². The van der Waals surface area contributed by atoms with E-state index in [9.17, 15) is 14.4 Å². The van der Waals surface area contributed by atoms with Crippen molar-refractivity contribution < 1.29 is 23.9 Å². The van der Waals surface area contributed by atoms with Gasteiger partial charge in [-0.25, -0.2) is 0 Å². The summed E-state index contributed by atoms with van der Waals surface area (Å²) in [5.74, 6) is -1.55. The smallest absolute Gasteiger partial charge is 0.324 e. The Balaban J connectivity index is 2.53. The number of esters is 2. The fourth-order valence-corrected chi connectivity index (χ4v) is 3.65. The molecule has 0 bridgehead atoms. The number of hydrogen-bond donors (Lipinski definition) is 0. The van der Waals surface area contributed by atoms with Crippen LogP contribution in [0.1, 0.15) is 39.0 Å². The number of carbonyl (C=O) groups excluding carboxylic acids is 3. The van der Waals surface area contributed by atoms with Crippen molar-refractivity contribution in [1.29, 1.82) is 0 Å². The second-order valence-corrected chi connectivity index (χ2v) is 5.55. The third-order valence-corrected chi connectivity index (χ3v) is 4.49. The summed E-state index contributed by atoms with van der Waals surface area (Å²) in [4.78, 5) is 36.8. The molecule has 0 aliphatic heterocycles. The number of allylic oxidation sites excluding steroid dienone is 2. The van der Waals surface area contributed by atoms with E-state index in [4.69, 9.17) is 9.47 Å². The summed E-state index contributed by atoms with van der Waals surface area (Å²) in [6, 6.07) is 0. The van der Waals surface area contributed by atoms with Gasteiger partial charge in [-0.05, 0) is 31.8 Å². The first-order valence-corrected chi connectivity index (χ1v) is 6.88. The van der Waals surface area contributed by atoms with Crippen molar-refractivity contribution >= 4 is 17.7 Å². The van der Waals surface area contributed by atoms with E-state index >= 15 is 0 Å². The minimum Gasteiger partial charge on any atom is -0.468 e. The summed E-state index contributed by atoms with van der Waals surface area (Å²) in [6.07, 6.45) is 2.97. The molecule has 1 saturated carbocycles. The van der Waals surface area contributed by atoms with Crippen molar-refractivity contribution in [3.05, 3.63) is 11.1 Å². The predicted octanol–water partition coefficient (Wildman–Crippen LogP) is 1.80. The highest BCUT2D eigenvalue weighted by Crippen LogP contribution is 2.52. The summed E-state index contributed by atoms with van der Waals surface area (Å²) in [5.41, 5.74) is 0.0964. The number of carbonyl (C=O) groups is 3. The Bertz CT molecular complexity index is 472. The van der Waals surface area contributed by atoms with Crippen LogP contribution in [0.15, 0.2) is 11.1 Å². The first-order valence-electron chi connectivity index (χ1n) is 6.88. The lowest BCUT2D eigenvalue weighted by Crippen LogP contribution is -2.45. The monoisotopic (exact) mass is 280 g/mol. The van der Waals surface area contributed by atoms with E-state index in [2.05, 4.69) is 0 Å². The van der Waals surface area contributed by atoms with Gasteiger partial charge in [0.25, 0.3) is 0 Å². The molecule has 0 aromatic rings.